The standard InChI is InChI=1S/C26H33N3O7S/c1-16-23(25(31)36-11-10-32-2)24(17-7-8-20(33-3)21(12-17)34-4)29-18(15-37-26(29)28-16)13-22(30)27-14-19-6-5-9-35-19/h7-8,12,15,19,24H,5-6,9-11,13-14H2,1-4H3,(H,27,30)/t19-,24-/m0/s1. The summed E-state index contributed by atoms with van der Waals surface area (Å²) in [6.45, 7) is 3.40. The van der Waals surface area contributed by atoms with Gasteiger partial charge in [0, 0.05) is 26.0 Å². The van der Waals surface area contributed by atoms with Gasteiger partial charge in [-0.15, -0.1) is 0 Å². The highest BCUT2D eigenvalue weighted by molar-refractivity contribution is 8.16. The number of aliphatic imine (C=N–C) groups is 1. The Morgan fingerprint density at radius 1 is 1.19 bits per heavy atom. The molecule has 1 amide bonds. The third-order valence-electron chi connectivity index (χ3n) is 6.36. The van der Waals surface area contributed by atoms with E-state index >= 15 is 0 Å². The Bertz CT molecular complexity index is 1110. The summed E-state index contributed by atoms with van der Waals surface area (Å²) < 4.78 is 27.1. The van der Waals surface area contributed by atoms with Crippen molar-refractivity contribution in [3.63, 3.8) is 0 Å². The molecule has 2 atom stereocenters. The van der Waals surface area contributed by atoms with E-state index in [-0.39, 0.29) is 31.6 Å². The van der Waals surface area contributed by atoms with E-state index in [4.69, 9.17) is 23.7 Å². The summed E-state index contributed by atoms with van der Waals surface area (Å²) in [6, 6.07) is 4.93. The number of nitrogens with zero attached hydrogens (tertiary/aromatic N) is 2. The minimum absolute atomic E-state index is 0.0570. The van der Waals surface area contributed by atoms with Crippen molar-refractivity contribution in [2.45, 2.75) is 38.3 Å². The first-order chi connectivity index (χ1) is 18.0. The van der Waals surface area contributed by atoms with Crippen molar-refractivity contribution >= 4 is 28.8 Å². The van der Waals surface area contributed by atoms with Crippen LogP contribution in [0.15, 0.2) is 45.6 Å². The smallest absolute Gasteiger partial charge is 0.338 e. The van der Waals surface area contributed by atoms with Gasteiger partial charge in [-0.2, -0.15) is 0 Å². The number of amidine groups is 1. The van der Waals surface area contributed by atoms with Crippen molar-refractivity contribution in [2.24, 2.45) is 4.99 Å². The Hall–Kier alpha value is -3.02. The monoisotopic (exact) mass is 531 g/mol. The number of esters is 1. The van der Waals surface area contributed by atoms with E-state index in [0.717, 1.165) is 30.7 Å². The molecule has 4 rings (SSSR count). The van der Waals surface area contributed by atoms with Crippen LogP contribution in [0.25, 0.3) is 0 Å². The Balaban J connectivity index is 1.64. The van der Waals surface area contributed by atoms with Gasteiger partial charge in [-0.1, -0.05) is 17.8 Å². The maximum Gasteiger partial charge on any atom is 0.338 e. The fourth-order valence-corrected chi connectivity index (χ4v) is 5.49. The zero-order valence-corrected chi connectivity index (χ0v) is 22.4. The van der Waals surface area contributed by atoms with Crippen LogP contribution in [0, 0.1) is 0 Å². The van der Waals surface area contributed by atoms with Crippen molar-refractivity contribution < 1.29 is 33.3 Å². The lowest BCUT2D eigenvalue weighted by Gasteiger charge is -2.36. The molecule has 0 bridgehead atoms. The van der Waals surface area contributed by atoms with Gasteiger partial charge in [0.15, 0.2) is 16.7 Å². The van der Waals surface area contributed by atoms with Gasteiger partial charge in [0.05, 0.1) is 50.7 Å². The third-order valence-corrected chi connectivity index (χ3v) is 7.25. The minimum Gasteiger partial charge on any atom is -0.493 e. The summed E-state index contributed by atoms with van der Waals surface area (Å²) in [5.41, 5.74) is 2.46. The van der Waals surface area contributed by atoms with Crippen LogP contribution in [-0.4, -0.2) is 75.7 Å². The number of nitrogens with one attached hydrogen (secondary N) is 1. The first kappa shape index (κ1) is 27.0. The molecule has 0 aromatic heterocycles. The molecule has 10 nitrogen and oxygen atoms in total. The Morgan fingerprint density at radius 2 is 2.00 bits per heavy atom. The van der Waals surface area contributed by atoms with E-state index in [9.17, 15) is 9.59 Å². The SMILES string of the molecule is COCCOC(=O)C1=C(C)N=C2SC=C(CC(=O)NC[C@@H]3CCCO3)N2[C@H]1c1ccc(OC)c(OC)c1. The van der Waals surface area contributed by atoms with Gasteiger partial charge >= 0.3 is 5.97 Å². The van der Waals surface area contributed by atoms with E-state index < -0.39 is 12.0 Å². The molecule has 1 saturated heterocycles. The van der Waals surface area contributed by atoms with Crippen LogP contribution < -0.4 is 14.8 Å². The zero-order valence-electron chi connectivity index (χ0n) is 21.6. The Morgan fingerprint density at radius 3 is 2.70 bits per heavy atom. The number of thioether (sulfide) groups is 1. The van der Waals surface area contributed by atoms with Crippen LogP contribution in [0.4, 0.5) is 0 Å². The molecule has 11 heteroatoms. The molecule has 3 aliphatic rings. The Kier molecular flexibility index (Phi) is 9.12. The molecule has 3 heterocycles. The number of fused-ring (bicyclic) bond motifs is 1. The number of amides is 1. The second kappa shape index (κ2) is 12.5. The van der Waals surface area contributed by atoms with E-state index in [0.29, 0.717) is 34.5 Å². The average molecular weight is 532 g/mol. The number of allylic oxidation sites excluding steroid dienone is 1. The average Bonchev–Trinajstić information content (AvgIpc) is 3.56. The third kappa shape index (κ3) is 6.11. The van der Waals surface area contributed by atoms with Crippen LogP contribution in [-0.2, 0) is 23.8 Å². The molecule has 1 aromatic carbocycles. The molecule has 0 radical (unpaired) electrons. The molecular weight excluding hydrogens is 498 g/mol. The fraction of sp³-hybridized carbons (Fsp3) is 0.500. The summed E-state index contributed by atoms with van der Waals surface area (Å²) in [5.74, 6) is 0.489. The first-order valence-electron chi connectivity index (χ1n) is 12.2. The van der Waals surface area contributed by atoms with Gasteiger partial charge in [0.1, 0.15) is 6.61 Å². The van der Waals surface area contributed by atoms with Gasteiger partial charge in [0.2, 0.25) is 5.91 Å². The molecule has 3 aliphatic heterocycles. The number of hydrogen-bond donors (Lipinski definition) is 1. The molecule has 0 saturated carbocycles. The molecule has 37 heavy (non-hydrogen) atoms. The number of rotatable bonds is 11. The van der Waals surface area contributed by atoms with Gasteiger partial charge in [-0.25, -0.2) is 9.79 Å². The van der Waals surface area contributed by atoms with E-state index in [1.54, 1.807) is 34.3 Å². The second-order valence-corrected chi connectivity index (χ2v) is 9.59. The maximum absolute atomic E-state index is 13.3. The van der Waals surface area contributed by atoms with Crippen LogP contribution in [0.5, 0.6) is 11.5 Å². The van der Waals surface area contributed by atoms with Crippen LogP contribution in [0.1, 0.15) is 37.8 Å². The number of carbonyl (C=O) groups excluding carboxylic acids is 2. The fourth-order valence-electron chi connectivity index (χ4n) is 4.52. The predicted octanol–water partition coefficient (Wildman–Crippen LogP) is 3.15. The molecule has 0 spiro atoms. The second-order valence-electron chi connectivity index (χ2n) is 8.75. The van der Waals surface area contributed by atoms with Crippen molar-refractivity contribution in [3.05, 3.63) is 46.1 Å². The van der Waals surface area contributed by atoms with Crippen molar-refractivity contribution in [1.29, 1.82) is 0 Å². The van der Waals surface area contributed by atoms with Crippen molar-refractivity contribution in [2.75, 3.05) is 47.7 Å². The summed E-state index contributed by atoms with van der Waals surface area (Å²) in [7, 11) is 4.68. The lowest BCUT2D eigenvalue weighted by Crippen LogP contribution is -2.39. The highest BCUT2D eigenvalue weighted by atomic mass is 32.2. The topological polar surface area (TPSA) is 108 Å². The summed E-state index contributed by atoms with van der Waals surface area (Å²) in [4.78, 5) is 32.8. The molecular formula is C26H33N3O7S. The number of benzene rings is 1. The van der Waals surface area contributed by atoms with Gasteiger partial charge in [0.25, 0.3) is 0 Å². The maximum atomic E-state index is 13.3. The molecule has 1 aromatic rings. The lowest BCUT2D eigenvalue weighted by molar-refractivity contribution is -0.141. The van der Waals surface area contributed by atoms with E-state index in [2.05, 4.69) is 10.3 Å². The van der Waals surface area contributed by atoms with E-state index in [1.165, 1.54) is 11.8 Å². The number of carbonyl (C=O) groups is 2. The van der Waals surface area contributed by atoms with E-state index in [1.807, 2.05) is 22.4 Å². The highest BCUT2D eigenvalue weighted by Crippen LogP contribution is 2.46. The van der Waals surface area contributed by atoms with Crippen LogP contribution in [0.2, 0.25) is 0 Å². The molecule has 0 aliphatic carbocycles. The van der Waals surface area contributed by atoms with Crippen molar-refractivity contribution in [3.8, 4) is 11.5 Å². The first-order valence-corrected chi connectivity index (χ1v) is 13.1. The zero-order chi connectivity index (χ0) is 26.4. The van der Waals surface area contributed by atoms with Crippen LogP contribution >= 0.6 is 11.8 Å². The predicted molar refractivity (Wildman–Crippen MR) is 139 cm³/mol. The van der Waals surface area contributed by atoms with Crippen molar-refractivity contribution in [1.82, 2.24) is 10.2 Å². The molecule has 200 valence electrons. The van der Waals surface area contributed by atoms with Crippen LogP contribution in [0.3, 0.4) is 0 Å². The summed E-state index contributed by atoms with van der Waals surface area (Å²) in [5, 5.41) is 5.57. The van der Waals surface area contributed by atoms with Gasteiger partial charge in [-0.05, 0) is 42.9 Å². The number of ether oxygens (including phenoxy) is 5. The largest absolute Gasteiger partial charge is 0.493 e. The summed E-state index contributed by atoms with van der Waals surface area (Å²) >= 11 is 1.42. The molecule has 0 unspecified atom stereocenters. The number of methoxy groups -OCH3 is 3. The Labute approximate surface area is 221 Å². The van der Waals surface area contributed by atoms with Gasteiger partial charge < -0.3 is 33.9 Å². The normalized spacial score (nSPS) is 20.8. The minimum atomic E-state index is -0.574. The number of hydrogen-bond acceptors (Lipinski definition) is 10. The molecule has 1 fully saturated rings. The summed E-state index contributed by atoms with van der Waals surface area (Å²) in [6.07, 6.45) is 2.15. The quantitative estimate of drug-likeness (QED) is 0.340. The van der Waals surface area contributed by atoms with Gasteiger partial charge in [-0.3, -0.25) is 4.79 Å². The molecule has 1 N–H and O–H groups in total. The highest BCUT2D eigenvalue weighted by Gasteiger charge is 2.41. The lowest BCUT2D eigenvalue weighted by atomic mass is 9.93.